The number of methoxy groups -OCH3 is 4. The van der Waals surface area contributed by atoms with Crippen molar-refractivity contribution >= 4 is 0 Å². The fourth-order valence-corrected chi connectivity index (χ4v) is 5.08. The first-order valence-corrected chi connectivity index (χ1v) is 13.6. The van der Waals surface area contributed by atoms with E-state index >= 15 is 0 Å². The molecule has 0 N–H and O–H groups in total. The highest BCUT2D eigenvalue weighted by Crippen LogP contribution is 2.48. The van der Waals surface area contributed by atoms with Gasteiger partial charge in [-0.2, -0.15) is 0 Å². The highest BCUT2D eigenvalue weighted by molar-refractivity contribution is 5.56. The molecule has 7 nitrogen and oxygen atoms in total. The second kappa shape index (κ2) is 13.3. The molecule has 0 unspecified atom stereocenters. The van der Waals surface area contributed by atoms with Gasteiger partial charge < -0.3 is 33.2 Å². The first kappa shape index (κ1) is 28.2. The summed E-state index contributed by atoms with van der Waals surface area (Å²) in [6, 6.07) is 27.9. The van der Waals surface area contributed by atoms with Crippen LogP contribution in [0.5, 0.6) is 34.5 Å². The van der Waals surface area contributed by atoms with Crippen molar-refractivity contribution in [1.29, 1.82) is 0 Å². The molecule has 0 amide bonds. The van der Waals surface area contributed by atoms with E-state index in [1.165, 1.54) is 0 Å². The molecule has 0 aliphatic carbocycles. The summed E-state index contributed by atoms with van der Waals surface area (Å²) in [6.07, 6.45) is 1.35. The Morgan fingerprint density at radius 1 is 0.537 bits per heavy atom. The van der Waals surface area contributed by atoms with Gasteiger partial charge in [-0.3, -0.25) is 0 Å². The monoisotopic (exact) mass is 556 g/mol. The summed E-state index contributed by atoms with van der Waals surface area (Å²) in [6.45, 7) is 0.824. The molecule has 1 fully saturated rings. The van der Waals surface area contributed by atoms with E-state index in [-0.39, 0.29) is 12.2 Å². The highest BCUT2D eigenvalue weighted by Gasteiger charge is 2.31. The fourth-order valence-electron chi connectivity index (χ4n) is 5.08. The average Bonchev–Trinajstić information content (AvgIpc) is 3.53. The van der Waals surface area contributed by atoms with Crippen LogP contribution in [0.2, 0.25) is 0 Å². The topological polar surface area (TPSA) is 64.6 Å². The van der Waals surface area contributed by atoms with Gasteiger partial charge in [0.15, 0.2) is 23.0 Å². The third-order valence-electron chi connectivity index (χ3n) is 7.17. The van der Waals surface area contributed by atoms with Crippen LogP contribution in [-0.2, 0) is 18.0 Å². The molecule has 0 radical (unpaired) electrons. The number of hydrogen-bond donors (Lipinski definition) is 0. The average molecular weight is 557 g/mol. The van der Waals surface area contributed by atoms with Crippen molar-refractivity contribution in [3.8, 4) is 34.5 Å². The van der Waals surface area contributed by atoms with Crippen LogP contribution in [0.1, 0.15) is 47.3 Å². The van der Waals surface area contributed by atoms with Crippen molar-refractivity contribution in [2.75, 3.05) is 28.4 Å². The fraction of sp³-hybridized carbons (Fsp3) is 0.294. The quantitative estimate of drug-likeness (QED) is 0.179. The predicted molar refractivity (Wildman–Crippen MR) is 156 cm³/mol. The third-order valence-corrected chi connectivity index (χ3v) is 7.17. The smallest absolute Gasteiger partial charge is 0.203 e. The summed E-state index contributed by atoms with van der Waals surface area (Å²) in [5.41, 5.74) is 4.06. The van der Waals surface area contributed by atoms with Gasteiger partial charge in [0.1, 0.15) is 13.2 Å². The minimum atomic E-state index is -0.152. The molecule has 1 saturated heterocycles. The Balaban J connectivity index is 1.37. The van der Waals surface area contributed by atoms with E-state index in [1.807, 2.05) is 84.9 Å². The van der Waals surface area contributed by atoms with Crippen molar-refractivity contribution < 1.29 is 33.2 Å². The Hall–Kier alpha value is -4.36. The lowest BCUT2D eigenvalue weighted by molar-refractivity contribution is 0.0434. The number of hydrogen-bond acceptors (Lipinski definition) is 7. The molecular weight excluding hydrogens is 520 g/mol. The lowest BCUT2D eigenvalue weighted by atomic mass is 10.0. The standard InChI is InChI=1S/C34H36O7/c1-35-29-17-25(19-31(33(29)37-3)39-21-23-11-7-5-8-12-23)27-15-16-28(41-27)26-18-30(36-2)34(38-4)32(20-26)40-22-24-13-9-6-10-14-24/h5-14,17-20,27-28H,15-16,21-22H2,1-4H3/t27-,28+. The summed E-state index contributed by atoms with van der Waals surface area (Å²) in [7, 11) is 6.48. The van der Waals surface area contributed by atoms with E-state index in [0.717, 1.165) is 35.1 Å². The van der Waals surface area contributed by atoms with Crippen LogP contribution in [-0.4, -0.2) is 28.4 Å². The van der Waals surface area contributed by atoms with Crippen molar-refractivity contribution in [1.82, 2.24) is 0 Å². The Morgan fingerprint density at radius 2 is 0.927 bits per heavy atom. The van der Waals surface area contributed by atoms with Crippen LogP contribution in [0.15, 0.2) is 84.9 Å². The molecule has 0 saturated carbocycles. The van der Waals surface area contributed by atoms with Gasteiger partial charge in [0.2, 0.25) is 11.5 Å². The molecule has 0 bridgehead atoms. The second-order valence-electron chi connectivity index (χ2n) is 9.75. The van der Waals surface area contributed by atoms with Crippen LogP contribution >= 0.6 is 0 Å². The zero-order chi connectivity index (χ0) is 28.6. The van der Waals surface area contributed by atoms with Crippen molar-refractivity contribution in [2.24, 2.45) is 0 Å². The number of rotatable bonds is 12. The number of benzene rings is 4. The van der Waals surface area contributed by atoms with Gasteiger partial charge in [0.25, 0.3) is 0 Å². The van der Waals surface area contributed by atoms with Gasteiger partial charge in [-0.25, -0.2) is 0 Å². The van der Waals surface area contributed by atoms with Crippen LogP contribution in [0, 0.1) is 0 Å². The summed E-state index contributed by atoms with van der Waals surface area (Å²) in [4.78, 5) is 0. The molecule has 0 aromatic heterocycles. The van der Waals surface area contributed by atoms with Crippen molar-refractivity contribution in [2.45, 2.75) is 38.3 Å². The molecule has 2 atom stereocenters. The lowest BCUT2D eigenvalue weighted by Gasteiger charge is -2.20. The van der Waals surface area contributed by atoms with Gasteiger partial charge in [-0.1, -0.05) is 60.7 Å². The zero-order valence-electron chi connectivity index (χ0n) is 23.9. The maximum absolute atomic E-state index is 6.61. The first-order chi connectivity index (χ1) is 20.1. The van der Waals surface area contributed by atoms with Gasteiger partial charge in [-0.15, -0.1) is 0 Å². The van der Waals surface area contributed by atoms with Crippen LogP contribution < -0.4 is 28.4 Å². The summed E-state index contributed by atoms with van der Waals surface area (Å²) >= 11 is 0. The summed E-state index contributed by atoms with van der Waals surface area (Å²) in [5.74, 6) is 3.54. The van der Waals surface area contributed by atoms with E-state index in [1.54, 1.807) is 28.4 Å². The molecule has 1 aliphatic heterocycles. The Bertz CT molecular complexity index is 1310. The third kappa shape index (κ3) is 6.52. The zero-order valence-corrected chi connectivity index (χ0v) is 23.9. The van der Waals surface area contributed by atoms with Gasteiger partial charge >= 0.3 is 0 Å². The largest absolute Gasteiger partial charge is 0.493 e. The van der Waals surface area contributed by atoms with E-state index in [4.69, 9.17) is 33.2 Å². The molecule has 5 rings (SSSR count). The molecule has 0 spiro atoms. The number of ether oxygens (including phenoxy) is 7. The predicted octanol–water partition coefficient (Wildman–Crippen LogP) is 7.47. The SMILES string of the molecule is COc1cc([C@@H]2CC[C@H](c3cc(OC)c(OC)c(OCc4ccccc4)c3)O2)cc(OCc2ccccc2)c1OC. The molecule has 1 aliphatic rings. The molecular formula is C34H36O7. The lowest BCUT2D eigenvalue weighted by Crippen LogP contribution is -2.05. The van der Waals surface area contributed by atoms with Gasteiger partial charge in [-0.05, 0) is 59.4 Å². The Kier molecular flexibility index (Phi) is 9.16. The summed E-state index contributed by atoms with van der Waals surface area (Å²) in [5, 5.41) is 0. The molecule has 214 valence electrons. The van der Waals surface area contributed by atoms with Gasteiger partial charge in [0, 0.05) is 0 Å². The maximum atomic E-state index is 6.61. The van der Waals surface area contributed by atoms with E-state index in [0.29, 0.717) is 47.7 Å². The van der Waals surface area contributed by atoms with E-state index in [9.17, 15) is 0 Å². The molecule has 7 heteroatoms. The summed E-state index contributed by atoms with van der Waals surface area (Å²) < 4.78 is 41.6. The van der Waals surface area contributed by atoms with Crippen molar-refractivity contribution in [3.05, 3.63) is 107 Å². The molecule has 4 aromatic rings. The molecule has 4 aromatic carbocycles. The minimum Gasteiger partial charge on any atom is -0.493 e. The second-order valence-corrected chi connectivity index (χ2v) is 9.75. The maximum Gasteiger partial charge on any atom is 0.203 e. The van der Waals surface area contributed by atoms with E-state index < -0.39 is 0 Å². The Labute approximate surface area is 241 Å². The van der Waals surface area contributed by atoms with E-state index in [2.05, 4.69) is 0 Å². The van der Waals surface area contributed by atoms with Gasteiger partial charge in [0.05, 0.1) is 40.6 Å². The van der Waals surface area contributed by atoms with Crippen LogP contribution in [0.4, 0.5) is 0 Å². The molecule has 1 heterocycles. The Morgan fingerprint density at radius 3 is 1.29 bits per heavy atom. The van der Waals surface area contributed by atoms with Crippen LogP contribution in [0.25, 0.3) is 0 Å². The first-order valence-electron chi connectivity index (χ1n) is 13.6. The minimum absolute atomic E-state index is 0.152. The molecule has 41 heavy (non-hydrogen) atoms. The normalized spacial score (nSPS) is 16.2. The highest BCUT2D eigenvalue weighted by atomic mass is 16.5. The van der Waals surface area contributed by atoms with Crippen molar-refractivity contribution in [3.63, 3.8) is 0 Å². The van der Waals surface area contributed by atoms with Crippen LogP contribution in [0.3, 0.4) is 0 Å².